The van der Waals surface area contributed by atoms with Crippen LogP contribution in [0.4, 0.5) is 0 Å². The van der Waals surface area contributed by atoms with E-state index < -0.39 is 0 Å². The van der Waals surface area contributed by atoms with Crippen molar-refractivity contribution >= 4 is 5.97 Å². The highest BCUT2D eigenvalue weighted by atomic mass is 16.5. The molecule has 0 saturated heterocycles. The lowest BCUT2D eigenvalue weighted by molar-refractivity contribution is 0.0599. The van der Waals surface area contributed by atoms with E-state index >= 15 is 0 Å². The van der Waals surface area contributed by atoms with Crippen molar-refractivity contribution in [2.24, 2.45) is 0 Å². The largest absolute Gasteiger partial charge is 0.476 e. The van der Waals surface area contributed by atoms with Gasteiger partial charge in [-0.05, 0) is 19.5 Å². The quantitative estimate of drug-likeness (QED) is 0.595. The molecular formula is C12H18N2O3. The molecule has 0 aliphatic rings. The van der Waals surface area contributed by atoms with Crippen LogP contribution in [0.1, 0.15) is 23.0 Å². The van der Waals surface area contributed by atoms with Gasteiger partial charge in [-0.25, -0.2) is 9.78 Å². The Morgan fingerprint density at radius 3 is 2.82 bits per heavy atom. The number of likely N-dealkylation sites (N-methyl/N-ethyl adjacent to an activating group) is 1. The van der Waals surface area contributed by atoms with Crippen LogP contribution in [0.25, 0.3) is 0 Å². The van der Waals surface area contributed by atoms with Crippen molar-refractivity contribution in [3.05, 3.63) is 23.4 Å². The Balaban J connectivity index is 2.59. The molecule has 0 amide bonds. The van der Waals surface area contributed by atoms with Crippen LogP contribution in [0.5, 0.6) is 5.88 Å². The fourth-order valence-electron chi connectivity index (χ4n) is 1.35. The molecule has 94 valence electrons. The van der Waals surface area contributed by atoms with E-state index in [1.54, 1.807) is 19.1 Å². The summed E-state index contributed by atoms with van der Waals surface area (Å²) in [6.07, 6.45) is 0. The van der Waals surface area contributed by atoms with Crippen LogP contribution in [-0.2, 0) is 4.74 Å². The molecule has 1 aromatic rings. The Morgan fingerprint density at radius 2 is 2.24 bits per heavy atom. The second-order valence-electron chi connectivity index (χ2n) is 3.48. The van der Waals surface area contributed by atoms with Crippen molar-refractivity contribution in [1.29, 1.82) is 0 Å². The second-order valence-corrected chi connectivity index (χ2v) is 3.48. The van der Waals surface area contributed by atoms with E-state index in [1.807, 2.05) is 6.92 Å². The zero-order valence-corrected chi connectivity index (χ0v) is 10.4. The SMILES string of the molecule is CCNCCOc1ccc(C(=O)OC)c(C)n1. The maximum absolute atomic E-state index is 11.3. The number of rotatable bonds is 6. The molecule has 1 N–H and O–H groups in total. The summed E-state index contributed by atoms with van der Waals surface area (Å²) in [6, 6.07) is 3.34. The number of carbonyl (C=O) groups is 1. The van der Waals surface area contributed by atoms with E-state index in [0.717, 1.165) is 13.1 Å². The Labute approximate surface area is 101 Å². The average Bonchev–Trinajstić information content (AvgIpc) is 2.34. The Bertz CT molecular complexity index is 380. The molecule has 0 unspecified atom stereocenters. The molecule has 1 aromatic heterocycles. The monoisotopic (exact) mass is 238 g/mol. The minimum Gasteiger partial charge on any atom is -0.476 e. The van der Waals surface area contributed by atoms with E-state index in [0.29, 0.717) is 23.7 Å². The second kappa shape index (κ2) is 6.85. The molecule has 0 aliphatic carbocycles. The van der Waals surface area contributed by atoms with Crippen LogP contribution in [0.2, 0.25) is 0 Å². The van der Waals surface area contributed by atoms with Crippen LogP contribution in [0.3, 0.4) is 0 Å². The molecule has 0 aromatic carbocycles. The maximum atomic E-state index is 11.3. The van der Waals surface area contributed by atoms with Crippen molar-refractivity contribution < 1.29 is 14.3 Å². The van der Waals surface area contributed by atoms with Gasteiger partial charge in [-0.2, -0.15) is 0 Å². The molecule has 0 saturated carbocycles. The topological polar surface area (TPSA) is 60.5 Å². The van der Waals surface area contributed by atoms with Gasteiger partial charge in [-0.1, -0.05) is 6.92 Å². The first-order valence-electron chi connectivity index (χ1n) is 5.58. The van der Waals surface area contributed by atoms with Crippen LogP contribution in [0.15, 0.2) is 12.1 Å². The summed E-state index contributed by atoms with van der Waals surface area (Å²) >= 11 is 0. The van der Waals surface area contributed by atoms with Gasteiger partial charge < -0.3 is 14.8 Å². The van der Waals surface area contributed by atoms with Crippen molar-refractivity contribution in [1.82, 2.24) is 10.3 Å². The molecule has 5 heteroatoms. The molecule has 1 heterocycles. The maximum Gasteiger partial charge on any atom is 0.339 e. The highest BCUT2D eigenvalue weighted by Crippen LogP contribution is 2.13. The predicted molar refractivity (Wildman–Crippen MR) is 64.4 cm³/mol. The molecule has 0 fully saturated rings. The van der Waals surface area contributed by atoms with E-state index in [-0.39, 0.29) is 5.97 Å². The fraction of sp³-hybridized carbons (Fsp3) is 0.500. The first kappa shape index (κ1) is 13.4. The number of hydrogen-bond donors (Lipinski definition) is 1. The average molecular weight is 238 g/mol. The number of aromatic nitrogens is 1. The number of methoxy groups -OCH3 is 1. The third-order valence-electron chi connectivity index (χ3n) is 2.24. The first-order valence-corrected chi connectivity index (χ1v) is 5.58. The lowest BCUT2D eigenvalue weighted by Crippen LogP contribution is -2.20. The third-order valence-corrected chi connectivity index (χ3v) is 2.24. The molecule has 0 bridgehead atoms. The van der Waals surface area contributed by atoms with Crippen molar-refractivity contribution in [3.63, 3.8) is 0 Å². The van der Waals surface area contributed by atoms with Gasteiger partial charge in [0.2, 0.25) is 5.88 Å². The van der Waals surface area contributed by atoms with Crippen LogP contribution in [-0.4, -0.2) is 37.8 Å². The van der Waals surface area contributed by atoms with E-state index in [4.69, 9.17) is 4.74 Å². The third kappa shape index (κ3) is 4.03. The van der Waals surface area contributed by atoms with Gasteiger partial charge in [0.25, 0.3) is 0 Å². The Morgan fingerprint density at radius 1 is 1.47 bits per heavy atom. The summed E-state index contributed by atoms with van der Waals surface area (Å²) in [7, 11) is 1.35. The molecule has 5 nitrogen and oxygen atoms in total. The number of ether oxygens (including phenoxy) is 2. The molecule has 17 heavy (non-hydrogen) atoms. The first-order chi connectivity index (χ1) is 8.19. The Kier molecular flexibility index (Phi) is 5.42. The number of nitrogens with one attached hydrogen (secondary N) is 1. The van der Waals surface area contributed by atoms with Gasteiger partial charge >= 0.3 is 5.97 Å². The highest BCUT2D eigenvalue weighted by molar-refractivity contribution is 5.90. The standard InChI is InChI=1S/C12H18N2O3/c1-4-13-7-8-17-11-6-5-10(9(2)14-11)12(15)16-3/h5-6,13H,4,7-8H2,1-3H3. The van der Waals surface area contributed by atoms with Gasteiger partial charge in [0.05, 0.1) is 18.4 Å². The fourth-order valence-corrected chi connectivity index (χ4v) is 1.35. The zero-order chi connectivity index (χ0) is 12.7. The zero-order valence-electron chi connectivity index (χ0n) is 10.4. The highest BCUT2D eigenvalue weighted by Gasteiger charge is 2.10. The summed E-state index contributed by atoms with van der Waals surface area (Å²) in [5.74, 6) is 0.141. The lowest BCUT2D eigenvalue weighted by atomic mass is 10.2. The van der Waals surface area contributed by atoms with Crippen LogP contribution >= 0.6 is 0 Å². The van der Waals surface area contributed by atoms with E-state index in [2.05, 4.69) is 15.0 Å². The summed E-state index contributed by atoms with van der Waals surface area (Å²) < 4.78 is 10.1. The molecule has 0 radical (unpaired) electrons. The minimum atomic E-state index is -0.380. The molecule has 0 spiro atoms. The van der Waals surface area contributed by atoms with Crippen molar-refractivity contribution in [2.45, 2.75) is 13.8 Å². The van der Waals surface area contributed by atoms with Gasteiger partial charge in [-0.15, -0.1) is 0 Å². The van der Waals surface area contributed by atoms with Gasteiger partial charge in [-0.3, -0.25) is 0 Å². The summed E-state index contributed by atoms with van der Waals surface area (Å²) in [6.45, 7) is 6.03. The van der Waals surface area contributed by atoms with Crippen LogP contribution in [0, 0.1) is 6.92 Å². The molecule has 1 rings (SSSR count). The van der Waals surface area contributed by atoms with Gasteiger partial charge in [0.15, 0.2) is 0 Å². The van der Waals surface area contributed by atoms with E-state index in [1.165, 1.54) is 7.11 Å². The van der Waals surface area contributed by atoms with Gasteiger partial charge in [0, 0.05) is 12.6 Å². The van der Waals surface area contributed by atoms with E-state index in [9.17, 15) is 4.79 Å². The van der Waals surface area contributed by atoms with Crippen LogP contribution < -0.4 is 10.1 Å². The molecular weight excluding hydrogens is 220 g/mol. The Hall–Kier alpha value is -1.62. The number of pyridine rings is 1. The number of aryl methyl sites for hydroxylation is 1. The normalized spacial score (nSPS) is 10.1. The number of hydrogen-bond acceptors (Lipinski definition) is 5. The van der Waals surface area contributed by atoms with Crippen molar-refractivity contribution in [2.75, 3.05) is 26.8 Å². The number of carbonyl (C=O) groups excluding carboxylic acids is 1. The van der Waals surface area contributed by atoms with Gasteiger partial charge in [0.1, 0.15) is 6.61 Å². The lowest BCUT2D eigenvalue weighted by Gasteiger charge is -2.08. The number of nitrogens with zero attached hydrogens (tertiary/aromatic N) is 1. The molecule has 0 atom stereocenters. The van der Waals surface area contributed by atoms with Crippen molar-refractivity contribution in [3.8, 4) is 5.88 Å². The molecule has 0 aliphatic heterocycles. The predicted octanol–water partition coefficient (Wildman–Crippen LogP) is 1.16. The number of esters is 1. The minimum absolute atomic E-state index is 0.380. The summed E-state index contributed by atoms with van der Waals surface area (Å²) in [5, 5.41) is 3.14. The summed E-state index contributed by atoms with van der Waals surface area (Å²) in [5.41, 5.74) is 1.07. The summed E-state index contributed by atoms with van der Waals surface area (Å²) in [4.78, 5) is 15.5. The smallest absolute Gasteiger partial charge is 0.339 e.